The Kier molecular flexibility index (Phi) is 7.59. The fourth-order valence-corrected chi connectivity index (χ4v) is 3.78. The van der Waals surface area contributed by atoms with Gasteiger partial charge in [0.1, 0.15) is 12.9 Å². The second kappa shape index (κ2) is 11.0. The number of halogens is 1. The van der Waals surface area contributed by atoms with Gasteiger partial charge >= 0.3 is 0 Å². The first-order valence-electron chi connectivity index (χ1n) is 11.1. The lowest BCUT2D eigenvalue weighted by molar-refractivity contribution is -0.116. The number of amides is 2. The van der Waals surface area contributed by atoms with Crippen molar-refractivity contribution >= 4 is 29.1 Å². The van der Waals surface area contributed by atoms with Crippen LogP contribution in [0.4, 0.5) is 5.69 Å². The van der Waals surface area contributed by atoms with E-state index in [-0.39, 0.29) is 18.4 Å². The Labute approximate surface area is 202 Å². The van der Waals surface area contributed by atoms with Gasteiger partial charge in [-0.25, -0.2) is 9.97 Å². The molecule has 2 amide bonds. The van der Waals surface area contributed by atoms with Crippen molar-refractivity contribution in [1.82, 2.24) is 14.9 Å². The van der Waals surface area contributed by atoms with Crippen LogP contribution in [0.2, 0.25) is 5.02 Å². The quantitative estimate of drug-likeness (QED) is 0.533. The molecule has 34 heavy (non-hydrogen) atoms. The number of anilines is 1. The lowest BCUT2D eigenvalue weighted by atomic mass is 10.2. The predicted octanol–water partition coefficient (Wildman–Crippen LogP) is 4.87. The first-order valence-corrected chi connectivity index (χ1v) is 11.4. The maximum absolute atomic E-state index is 13.2. The predicted molar refractivity (Wildman–Crippen MR) is 129 cm³/mol. The topological polar surface area (TPSA) is 93.7 Å². The summed E-state index contributed by atoms with van der Waals surface area (Å²) in [5.41, 5.74) is 1.33. The molecule has 0 atom stereocenters. The Bertz CT molecular complexity index is 1190. The smallest absolute Gasteiger partial charge is 0.257 e. The number of fused-ring (bicyclic) bond motifs is 2. The minimum Gasteiger partial charge on any atom is -0.490 e. The van der Waals surface area contributed by atoms with E-state index in [0.29, 0.717) is 52.4 Å². The van der Waals surface area contributed by atoms with E-state index in [1.807, 2.05) is 18.2 Å². The number of nitrogens with one attached hydrogen (secondary N) is 1. The number of carbonyl (C=O) groups is 2. The van der Waals surface area contributed by atoms with E-state index < -0.39 is 0 Å². The Morgan fingerprint density at radius 1 is 1.09 bits per heavy atom. The van der Waals surface area contributed by atoms with Crippen LogP contribution >= 0.6 is 11.6 Å². The van der Waals surface area contributed by atoms with E-state index in [1.165, 1.54) is 17.4 Å². The van der Waals surface area contributed by atoms with Crippen LogP contribution in [-0.4, -0.2) is 46.4 Å². The number of nitrogens with zero attached hydrogens (tertiary/aromatic N) is 3. The monoisotopic (exact) mass is 480 g/mol. The first-order chi connectivity index (χ1) is 16.5. The molecule has 0 radical (unpaired) electrons. The van der Waals surface area contributed by atoms with E-state index in [4.69, 9.17) is 21.1 Å². The molecule has 0 saturated carbocycles. The average molecular weight is 481 g/mol. The Morgan fingerprint density at radius 2 is 1.91 bits per heavy atom. The summed E-state index contributed by atoms with van der Waals surface area (Å²) in [7, 11) is 0. The molecule has 4 rings (SSSR count). The first kappa shape index (κ1) is 23.5. The molecule has 2 heterocycles. The fourth-order valence-electron chi connectivity index (χ4n) is 3.61. The Hall–Kier alpha value is -3.65. The van der Waals surface area contributed by atoms with Crippen molar-refractivity contribution in [3.63, 3.8) is 0 Å². The van der Waals surface area contributed by atoms with Gasteiger partial charge in [0.15, 0.2) is 17.2 Å². The molecular weight excluding hydrogens is 456 g/mol. The lowest BCUT2D eigenvalue weighted by Crippen LogP contribution is -2.39. The van der Waals surface area contributed by atoms with Crippen LogP contribution in [0.15, 0.2) is 55.0 Å². The molecule has 0 saturated heterocycles. The molecule has 1 aromatic heterocycles. The van der Waals surface area contributed by atoms with Crippen LogP contribution in [0.1, 0.15) is 35.3 Å². The van der Waals surface area contributed by atoms with Crippen LogP contribution in [0.25, 0.3) is 0 Å². The minimum atomic E-state index is -0.366. The highest BCUT2D eigenvalue weighted by Crippen LogP contribution is 2.36. The Balaban J connectivity index is 1.62. The molecule has 0 bridgehead atoms. The number of hydrogen-bond acceptors (Lipinski definition) is 6. The van der Waals surface area contributed by atoms with Crippen LogP contribution < -0.4 is 14.8 Å². The van der Waals surface area contributed by atoms with Gasteiger partial charge in [0, 0.05) is 17.8 Å². The van der Waals surface area contributed by atoms with Crippen molar-refractivity contribution in [3.8, 4) is 17.2 Å². The van der Waals surface area contributed by atoms with Crippen molar-refractivity contribution in [3.05, 3.63) is 71.3 Å². The Morgan fingerprint density at radius 3 is 2.74 bits per heavy atom. The lowest BCUT2D eigenvalue weighted by Gasteiger charge is -2.23. The van der Waals surface area contributed by atoms with Crippen LogP contribution in [0.5, 0.6) is 17.2 Å². The average Bonchev–Trinajstić information content (AvgIpc) is 2.83. The highest BCUT2D eigenvalue weighted by molar-refractivity contribution is 6.31. The minimum absolute atomic E-state index is 0.133. The largest absolute Gasteiger partial charge is 0.490 e. The zero-order chi connectivity index (χ0) is 23.9. The number of aryl methyl sites for hydroxylation is 1. The summed E-state index contributed by atoms with van der Waals surface area (Å²) in [6.45, 7) is 2.53. The van der Waals surface area contributed by atoms with Gasteiger partial charge < -0.3 is 19.7 Å². The van der Waals surface area contributed by atoms with Gasteiger partial charge in [-0.15, -0.1) is 0 Å². The molecule has 0 spiro atoms. The van der Waals surface area contributed by atoms with E-state index in [9.17, 15) is 9.59 Å². The van der Waals surface area contributed by atoms with Crippen molar-refractivity contribution in [2.24, 2.45) is 0 Å². The number of benzene rings is 2. The number of rotatable bonds is 1. The SMILES string of the molecule is Cc1ncncc1C(=O)N1CCCCCOc2ccccc2Oc2ccc(Cl)cc2NC(=O)C1. The van der Waals surface area contributed by atoms with Gasteiger partial charge in [-0.3, -0.25) is 9.59 Å². The maximum Gasteiger partial charge on any atom is 0.257 e. The maximum atomic E-state index is 13.2. The van der Waals surface area contributed by atoms with Gasteiger partial charge in [0.2, 0.25) is 5.91 Å². The molecular formula is C25H25ClN4O4. The summed E-state index contributed by atoms with van der Waals surface area (Å²) >= 11 is 6.19. The zero-order valence-electron chi connectivity index (χ0n) is 18.8. The van der Waals surface area contributed by atoms with Crippen LogP contribution in [0, 0.1) is 6.92 Å². The number of carbonyl (C=O) groups excluding carboxylic acids is 2. The second-order valence-corrected chi connectivity index (χ2v) is 8.33. The third-order valence-electron chi connectivity index (χ3n) is 5.38. The molecule has 0 aliphatic carbocycles. The van der Waals surface area contributed by atoms with E-state index >= 15 is 0 Å². The number of ether oxygens (including phenoxy) is 2. The molecule has 9 heteroatoms. The molecule has 176 valence electrons. The molecule has 1 aliphatic heterocycles. The van der Waals surface area contributed by atoms with E-state index in [0.717, 1.165) is 19.3 Å². The highest BCUT2D eigenvalue weighted by atomic mass is 35.5. The molecule has 2 aromatic carbocycles. The normalized spacial score (nSPS) is 14.9. The number of aromatic nitrogens is 2. The highest BCUT2D eigenvalue weighted by Gasteiger charge is 2.22. The summed E-state index contributed by atoms with van der Waals surface area (Å²) in [4.78, 5) is 35.8. The molecule has 8 nitrogen and oxygen atoms in total. The summed E-state index contributed by atoms with van der Waals surface area (Å²) in [6.07, 6.45) is 5.21. The van der Waals surface area contributed by atoms with Crippen molar-refractivity contribution < 1.29 is 19.1 Å². The van der Waals surface area contributed by atoms with Crippen LogP contribution in [-0.2, 0) is 4.79 Å². The summed E-state index contributed by atoms with van der Waals surface area (Å²) in [5.74, 6) is 0.902. The zero-order valence-corrected chi connectivity index (χ0v) is 19.5. The standard InChI is InChI=1S/C25H25ClN4O4/c1-17-19(14-27-16-28-17)25(32)30-11-5-2-6-12-33-22-7-3-4-8-23(22)34-21-10-9-18(26)13-20(21)29-24(31)15-30/h3-4,7-10,13-14,16H,2,5-6,11-12,15H2,1H3,(H,29,31). The second-order valence-electron chi connectivity index (χ2n) is 7.90. The molecule has 3 aromatic rings. The van der Waals surface area contributed by atoms with Gasteiger partial charge in [0.05, 0.1) is 23.6 Å². The van der Waals surface area contributed by atoms with Gasteiger partial charge in [0.25, 0.3) is 5.91 Å². The van der Waals surface area contributed by atoms with Gasteiger partial charge in [-0.05, 0) is 56.5 Å². The molecule has 0 fully saturated rings. The third-order valence-corrected chi connectivity index (χ3v) is 5.61. The van der Waals surface area contributed by atoms with Crippen LogP contribution in [0.3, 0.4) is 0 Å². The number of para-hydroxylation sites is 2. The summed E-state index contributed by atoms with van der Waals surface area (Å²) in [6, 6.07) is 12.3. The molecule has 1 aliphatic rings. The summed E-state index contributed by atoms with van der Waals surface area (Å²) in [5, 5.41) is 3.28. The third kappa shape index (κ3) is 5.82. The van der Waals surface area contributed by atoms with Crippen molar-refractivity contribution in [1.29, 1.82) is 0 Å². The van der Waals surface area contributed by atoms with Crippen molar-refractivity contribution in [2.75, 3.05) is 25.0 Å². The summed E-state index contributed by atoms with van der Waals surface area (Å²) < 4.78 is 12.0. The van der Waals surface area contributed by atoms with Gasteiger partial charge in [-0.2, -0.15) is 0 Å². The number of hydrogen-bond donors (Lipinski definition) is 1. The fraction of sp³-hybridized carbons (Fsp3) is 0.280. The van der Waals surface area contributed by atoms with Crippen molar-refractivity contribution in [2.45, 2.75) is 26.2 Å². The molecule has 0 unspecified atom stereocenters. The van der Waals surface area contributed by atoms with E-state index in [1.54, 1.807) is 31.2 Å². The van der Waals surface area contributed by atoms with E-state index in [2.05, 4.69) is 15.3 Å². The molecule has 1 N–H and O–H groups in total. The van der Waals surface area contributed by atoms with Gasteiger partial charge in [-0.1, -0.05) is 23.7 Å².